The first-order chi connectivity index (χ1) is 17.8. The normalized spacial score (nSPS) is 13.0. The number of pyridine rings is 1. The number of aryl methyl sites for hydroxylation is 4. The number of fused-ring (bicyclic) bond motifs is 1. The van der Waals surface area contributed by atoms with E-state index < -0.39 is 6.10 Å². The molecular formula is C30H29N3O4. The van der Waals surface area contributed by atoms with Gasteiger partial charge in [0.05, 0.1) is 29.4 Å². The third-order valence-electron chi connectivity index (χ3n) is 6.62. The predicted molar refractivity (Wildman–Crippen MR) is 140 cm³/mol. The molecule has 37 heavy (non-hydrogen) atoms. The zero-order valence-electron chi connectivity index (χ0n) is 21.3. The fraction of sp³-hybridized carbons (Fsp3) is 0.233. The first kappa shape index (κ1) is 24.5. The number of hydrogen-bond acceptors (Lipinski definition) is 6. The van der Waals surface area contributed by atoms with E-state index in [1.807, 2.05) is 55.5 Å². The summed E-state index contributed by atoms with van der Waals surface area (Å²) >= 11 is 0. The van der Waals surface area contributed by atoms with Crippen LogP contribution in [0, 0.1) is 27.7 Å². The Hall–Kier alpha value is -4.23. The van der Waals surface area contributed by atoms with Crippen molar-refractivity contribution in [2.24, 2.45) is 0 Å². The molecule has 5 rings (SSSR count). The Labute approximate surface area is 215 Å². The number of amides is 1. The van der Waals surface area contributed by atoms with Gasteiger partial charge in [-0.15, -0.1) is 0 Å². The van der Waals surface area contributed by atoms with Crippen LogP contribution in [0.3, 0.4) is 0 Å². The molecule has 0 aliphatic heterocycles. The van der Waals surface area contributed by atoms with Gasteiger partial charge in [-0.2, -0.15) is 0 Å². The molecule has 2 N–H and O–H groups in total. The zero-order chi connectivity index (χ0) is 26.1. The molecule has 5 aromatic rings. The Kier molecular flexibility index (Phi) is 6.63. The monoisotopic (exact) mass is 495 g/mol. The molecule has 0 aliphatic carbocycles. The molecular weight excluding hydrogens is 466 g/mol. The Balaban J connectivity index is 1.37. The molecule has 2 atom stereocenters. The fourth-order valence-corrected chi connectivity index (χ4v) is 4.79. The third-order valence-corrected chi connectivity index (χ3v) is 6.62. The van der Waals surface area contributed by atoms with E-state index in [2.05, 4.69) is 28.4 Å². The van der Waals surface area contributed by atoms with Crippen LogP contribution in [0.25, 0.3) is 11.0 Å². The van der Waals surface area contributed by atoms with Crippen molar-refractivity contribution in [3.8, 4) is 0 Å². The van der Waals surface area contributed by atoms with Gasteiger partial charge < -0.3 is 19.4 Å². The molecule has 3 aromatic heterocycles. The summed E-state index contributed by atoms with van der Waals surface area (Å²) in [7, 11) is 0. The summed E-state index contributed by atoms with van der Waals surface area (Å²) in [6.45, 7) is 7.64. The van der Waals surface area contributed by atoms with Crippen molar-refractivity contribution in [3.05, 3.63) is 118 Å². The van der Waals surface area contributed by atoms with E-state index in [9.17, 15) is 9.90 Å². The topological polar surface area (TPSA) is 101 Å². The van der Waals surface area contributed by atoms with Crippen molar-refractivity contribution >= 4 is 16.9 Å². The van der Waals surface area contributed by atoms with Crippen LogP contribution in [-0.2, 0) is 11.2 Å². The molecule has 7 nitrogen and oxygen atoms in total. The Morgan fingerprint density at radius 1 is 1.03 bits per heavy atom. The summed E-state index contributed by atoms with van der Waals surface area (Å²) < 4.78 is 11.1. The fourth-order valence-electron chi connectivity index (χ4n) is 4.79. The maximum Gasteiger partial charge on any atom is 0.225 e. The second kappa shape index (κ2) is 10.0. The van der Waals surface area contributed by atoms with Crippen LogP contribution in [0.2, 0.25) is 0 Å². The molecule has 0 saturated heterocycles. The second-order valence-corrected chi connectivity index (χ2v) is 9.45. The van der Waals surface area contributed by atoms with E-state index in [1.54, 1.807) is 26.1 Å². The quantitative estimate of drug-likeness (QED) is 0.306. The molecule has 2 unspecified atom stereocenters. The number of furan rings is 1. The lowest BCUT2D eigenvalue weighted by atomic mass is 9.96. The van der Waals surface area contributed by atoms with Gasteiger partial charge >= 0.3 is 0 Å². The summed E-state index contributed by atoms with van der Waals surface area (Å²) in [4.78, 5) is 17.7. The minimum atomic E-state index is -0.984. The Morgan fingerprint density at radius 2 is 1.86 bits per heavy atom. The number of hydrogen-bond donors (Lipinski definition) is 2. The maximum atomic E-state index is 13.2. The van der Waals surface area contributed by atoms with Gasteiger partial charge in [-0.25, -0.2) is 0 Å². The van der Waals surface area contributed by atoms with Crippen molar-refractivity contribution < 1.29 is 18.8 Å². The lowest BCUT2D eigenvalue weighted by molar-refractivity contribution is -0.121. The van der Waals surface area contributed by atoms with E-state index in [0.29, 0.717) is 28.4 Å². The highest BCUT2D eigenvalue weighted by Gasteiger charge is 2.24. The van der Waals surface area contributed by atoms with Gasteiger partial charge in [-0.05, 0) is 74.7 Å². The number of aliphatic hydroxyl groups excluding tert-OH is 1. The van der Waals surface area contributed by atoms with Crippen molar-refractivity contribution in [3.63, 3.8) is 0 Å². The van der Waals surface area contributed by atoms with E-state index >= 15 is 0 Å². The lowest BCUT2D eigenvalue weighted by Gasteiger charge is -2.21. The predicted octanol–water partition coefficient (Wildman–Crippen LogP) is 5.58. The number of aromatic nitrogens is 2. The molecule has 1 amide bonds. The molecule has 0 bridgehead atoms. The van der Waals surface area contributed by atoms with Crippen molar-refractivity contribution in [2.45, 2.75) is 46.3 Å². The van der Waals surface area contributed by atoms with Crippen molar-refractivity contribution in [1.82, 2.24) is 15.5 Å². The Morgan fingerprint density at radius 3 is 2.57 bits per heavy atom. The van der Waals surface area contributed by atoms with Crippen LogP contribution in [0.5, 0.6) is 0 Å². The molecule has 0 saturated carbocycles. The number of benzene rings is 2. The minimum absolute atomic E-state index is 0.116. The van der Waals surface area contributed by atoms with Gasteiger partial charge in [0.25, 0.3) is 0 Å². The molecule has 188 valence electrons. The first-order valence-electron chi connectivity index (χ1n) is 12.2. The highest BCUT2D eigenvalue weighted by molar-refractivity contribution is 5.83. The van der Waals surface area contributed by atoms with Crippen LogP contribution in [0.15, 0.2) is 75.8 Å². The molecule has 7 heteroatoms. The number of rotatable bonds is 7. The molecule has 0 radical (unpaired) electrons. The van der Waals surface area contributed by atoms with Gasteiger partial charge in [0.15, 0.2) is 0 Å². The lowest BCUT2D eigenvalue weighted by Crippen LogP contribution is -2.31. The van der Waals surface area contributed by atoms with E-state index in [1.165, 1.54) is 5.56 Å². The summed E-state index contributed by atoms with van der Waals surface area (Å²) in [5.74, 6) is 0.833. The molecule has 0 spiro atoms. The summed E-state index contributed by atoms with van der Waals surface area (Å²) in [6, 6.07) is 18.9. The highest BCUT2D eigenvalue weighted by Crippen LogP contribution is 2.32. The number of carbonyl (C=O) groups excluding carboxylic acids is 1. The van der Waals surface area contributed by atoms with Crippen molar-refractivity contribution in [2.75, 3.05) is 0 Å². The molecule has 3 heterocycles. The van der Waals surface area contributed by atoms with Gasteiger partial charge in [-0.3, -0.25) is 9.78 Å². The van der Waals surface area contributed by atoms with E-state index in [0.717, 1.165) is 27.8 Å². The van der Waals surface area contributed by atoms with Crippen LogP contribution < -0.4 is 5.32 Å². The van der Waals surface area contributed by atoms with Gasteiger partial charge in [-0.1, -0.05) is 41.1 Å². The molecule has 0 fully saturated rings. The standard InChI is InChI=1S/C30H29N3O4/c1-17-8-10-23(18(2)13-17)29(24-7-5-6-12-31-24)32-27(34)15-21-9-11-25-22(14-21)16-26(36-25)30(35)28-19(3)33-37-20(28)4/h5-14,16,29-30,35H,15H2,1-4H3,(H,32,34). The van der Waals surface area contributed by atoms with Crippen LogP contribution in [-0.4, -0.2) is 21.2 Å². The summed E-state index contributed by atoms with van der Waals surface area (Å²) in [5, 5.41) is 18.8. The molecule has 0 aliphatic rings. The summed E-state index contributed by atoms with van der Waals surface area (Å²) in [5.41, 5.74) is 6.75. The van der Waals surface area contributed by atoms with Gasteiger partial charge in [0.2, 0.25) is 5.91 Å². The highest BCUT2D eigenvalue weighted by atomic mass is 16.5. The Bertz CT molecular complexity index is 1550. The maximum absolute atomic E-state index is 13.2. The summed E-state index contributed by atoms with van der Waals surface area (Å²) in [6.07, 6.45) is 0.943. The van der Waals surface area contributed by atoms with Crippen LogP contribution in [0.1, 0.15) is 62.9 Å². The van der Waals surface area contributed by atoms with E-state index in [4.69, 9.17) is 8.94 Å². The van der Waals surface area contributed by atoms with E-state index in [-0.39, 0.29) is 18.4 Å². The third kappa shape index (κ3) is 5.04. The average molecular weight is 496 g/mol. The number of aliphatic hydroxyl groups is 1. The molecule has 2 aromatic carbocycles. The number of carbonyl (C=O) groups is 1. The number of nitrogens with one attached hydrogen (secondary N) is 1. The number of nitrogens with zero attached hydrogens (tertiary/aromatic N) is 2. The van der Waals surface area contributed by atoms with Crippen molar-refractivity contribution in [1.29, 1.82) is 0 Å². The van der Waals surface area contributed by atoms with Gasteiger partial charge in [0.1, 0.15) is 23.2 Å². The van der Waals surface area contributed by atoms with Crippen LogP contribution in [0.4, 0.5) is 0 Å². The van der Waals surface area contributed by atoms with Crippen LogP contribution >= 0.6 is 0 Å². The minimum Gasteiger partial charge on any atom is -0.458 e. The largest absolute Gasteiger partial charge is 0.458 e. The smallest absolute Gasteiger partial charge is 0.225 e. The SMILES string of the molecule is Cc1ccc(C(NC(=O)Cc2ccc3oc(C(O)c4c(C)noc4C)cc3c2)c2ccccn2)c(C)c1. The van der Waals surface area contributed by atoms with Gasteiger partial charge in [0, 0.05) is 11.6 Å². The average Bonchev–Trinajstić information content (AvgIpc) is 3.45. The first-order valence-corrected chi connectivity index (χ1v) is 12.2. The zero-order valence-corrected chi connectivity index (χ0v) is 21.3. The second-order valence-electron chi connectivity index (χ2n) is 9.45.